The molecule has 5 heteroatoms. The number of aromatic nitrogens is 4. The van der Waals surface area contributed by atoms with E-state index in [9.17, 15) is 0 Å². The molecule has 0 amide bonds. The predicted molar refractivity (Wildman–Crippen MR) is 57.1 cm³/mol. The van der Waals surface area contributed by atoms with Crippen molar-refractivity contribution in [3.8, 4) is 0 Å². The minimum atomic E-state index is 0.259. The highest BCUT2D eigenvalue weighted by Crippen LogP contribution is 2.08. The Morgan fingerprint density at radius 3 is 3.00 bits per heavy atom. The largest absolute Gasteiger partial charge is 0.303 e. The topological polar surface area (TPSA) is 58.5 Å². The first kappa shape index (κ1) is 9.92. The summed E-state index contributed by atoms with van der Waals surface area (Å²) in [4.78, 5) is 0. The summed E-state index contributed by atoms with van der Waals surface area (Å²) in [6.45, 7) is 2.86. The summed E-state index contributed by atoms with van der Waals surface area (Å²) in [6.07, 6.45) is 3.70. The molecule has 0 spiro atoms. The number of hydrogen-bond donors (Lipinski definition) is 2. The fourth-order valence-electron chi connectivity index (χ4n) is 1.43. The van der Waals surface area contributed by atoms with E-state index in [2.05, 4.69) is 27.5 Å². The molecule has 2 heterocycles. The van der Waals surface area contributed by atoms with Crippen LogP contribution in [0.1, 0.15) is 24.4 Å². The van der Waals surface area contributed by atoms with Gasteiger partial charge in [0, 0.05) is 32.0 Å². The van der Waals surface area contributed by atoms with Crippen LogP contribution >= 0.6 is 0 Å². The van der Waals surface area contributed by atoms with E-state index in [1.54, 1.807) is 10.9 Å². The lowest BCUT2D eigenvalue weighted by molar-refractivity contribution is 0.549. The van der Waals surface area contributed by atoms with Gasteiger partial charge in [-0.15, -0.1) is 0 Å². The lowest BCUT2D eigenvalue weighted by Crippen LogP contribution is -2.18. The minimum Gasteiger partial charge on any atom is -0.303 e. The van der Waals surface area contributed by atoms with E-state index >= 15 is 0 Å². The van der Waals surface area contributed by atoms with Crippen molar-refractivity contribution >= 4 is 0 Å². The molecule has 80 valence electrons. The molecule has 1 atom stereocenters. The fraction of sp³-hybridized carbons (Fsp3) is 0.400. The van der Waals surface area contributed by atoms with Crippen molar-refractivity contribution in [3.05, 3.63) is 35.9 Å². The van der Waals surface area contributed by atoms with Gasteiger partial charge in [-0.25, -0.2) is 0 Å². The Balaban J connectivity index is 1.88. The second-order valence-electron chi connectivity index (χ2n) is 3.60. The Labute approximate surface area is 88.5 Å². The van der Waals surface area contributed by atoms with E-state index in [1.165, 1.54) is 0 Å². The van der Waals surface area contributed by atoms with Crippen LogP contribution in [0.25, 0.3) is 0 Å². The summed E-state index contributed by atoms with van der Waals surface area (Å²) in [7, 11) is 1.92. The molecule has 0 aliphatic heterocycles. The molecule has 2 N–H and O–H groups in total. The van der Waals surface area contributed by atoms with Crippen LogP contribution in [0.2, 0.25) is 0 Å². The number of nitrogens with one attached hydrogen (secondary N) is 2. The van der Waals surface area contributed by atoms with Crippen molar-refractivity contribution in [3.63, 3.8) is 0 Å². The van der Waals surface area contributed by atoms with Crippen LogP contribution in [0.15, 0.2) is 24.5 Å². The SMILES string of the molecule is CC(NCc1ccn(C)n1)c1ccn[nH]1. The van der Waals surface area contributed by atoms with Crippen molar-refractivity contribution in [2.75, 3.05) is 0 Å². The van der Waals surface area contributed by atoms with Crippen molar-refractivity contribution in [2.24, 2.45) is 7.05 Å². The maximum Gasteiger partial charge on any atom is 0.0762 e. The Hall–Kier alpha value is -1.62. The van der Waals surface area contributed by atoms with Crippen molar-refractivity contribution < 1.29 is 0 Å². The molecule has 0 aromatic carbocycles. The molecule has 2 aromatic rings. The van der Waals surface area contributed by atoms with Crippen LogP contribution in [0.4, 0.5) is 0 Å². The minimum absolute atomic E-state index is 0.259. The van der Waals surface area contributed by atoms with Crippen molar-refractivity contribution in [2.45, 2.75) is 19.5 Å². The molecule has 1 unspecified atom stereocenters. The molecular weight excluding hydrogens is 190 g/mol. The zero-order valence-corrected chi connectivity index (χ0v) is 8.94. The van der Waals surface area contributed by atoms with Gasteiger partial charge in [-0.2, -0.15) is 10.2 Å². The van der Waals surface area contributed by atoms with Crippen LogP contribution in [-0.2, 0) is 13.6 Å². The third-order valence-corrected chi connectivity index (χ3v) is 2.35. The Morgan fingerprint density at radius 1 is 1.53 bits per heavy atom. The summed E-state index contributed by atoms with van der Waals surface area (Å²) in [6, 6.07) is 4.23. The van der Waals surface area contributed by atoms with Gasteiger partial charge in [0.05, 0.1) is 11.4 Å². The average molecular weight is 205 g/mol. The quantitative estimate of drug-likeness (QED) is 0.782. The van der Waals surface area contributed by atoms with Crippen molar-refractivity contribution in [1.82, 2.24) is 25.3 Å². The van der Waals surface area contributed by atoms with Crippen LogP contribution in [0, 0.1) is 0 Å². The maximum absolute atomic E-state index is 4.29. The molecule has 0 aliphatic rings. The van der Waals surface area contributed by atoms with E-state index in [-0.39, 0.29) is 6.04 Å². The van der Waals surface area contributed by atoms with Crippen LogP contribution in [0.3, 0.4) is 0 Å². The molecule has 0 aliphatic carbocycles. The summed E-state index contributed by atoms with van der Waals surface area (Å²) in [5.74, 6) is 0. The second kappa shape index (κ2) is 4.27. The molecule has 2 aromatic heterocycles. The van der Waals surface area contributed by atoms with Gasteiger partial charge < -0.3 is 5.32 Å². The number of aromatic amines is 1. The Morgan fingerprint density at radius 2 is 2.40 bits per heavy atom. The molecular formula is C10H15N5. The van der Waals surface area contributed by atoms with E-state index in [0.29, 0.717) is 0 Å². The third-order valence-electron chi connectivity index (χ3n) is 2.35. The van der Waals surface area contributed by atoms with Crippen molar-refractivity contribution in [1.29, 1.82) is 0 Å². The highest BCUT2D eigenvalue weighted by atomic mass is 15.3. The molecule has 5 nitrogen and oxygen atoms in total. The monoisotopic (exact) mass is 205 g/mol. The third kappa shape index (κ3) is 2.44. The normalized spacial score (nSPS) is 12.9. The van der Waals surface area contributed by atoms with Gasteiger partial charge in [0.2, 0.25) is 0 Å². The molecule has 0 fully saturated rings. The Kier molecular flexibility index (Phi) is 2.82. The first-order valence-corrected chi connectivity index (χ1v) is 4.97. The number of aryl methyl sites for hydroxylation is 1. The molecule has 2 rings (SSSR count). The van der Waals surface area contributed by atoms with Crippen LogP contribution in [-0.4, -0.2) is 20.0 Å². The summed E-state index contributed by atoms with van der Waals surface area (Å²) in [5, 5.41) is 14.5. The molecule has 0 bridgehead atoms. The van der Waals surface area contributed by atoms with Gasteiger partial charge in [0.25, 0.3) is 0 Å². The van der Waals surface area contributed by atoms with Gasteiger partial charge in [-0.1, -0.05) is 0 Å². The smallest absolute Gasteiger partial charge is 0.0762 e. The zero-order chi connectivity index (χ0) is 10.7. The van der Waals surface area contributed by atoms with E-state index in [1.807, 2.05) is 25.4 Å². The summed E-state index contributed by atoms with van der Waals surface area (Å²) in [5.41, 5.74) is 2.13. The standard InChI is InChI=1S/C10H15N5/c1-8(10-3-5-12-13-10)11-7-9-4-6-15(2)14-9/h3-6,8,11H,7H2,1-2H3,(H,12,13). The molecule has 0 saturated carbocycles. The van der Waals surface area contributed by atoms with Gasteiger partial charge in [0.1, 0.15) is 0 Å². The molecule has 0 radical (unpaired) electrons. The summed E-state index contributed by atoms with van der Waals surface area (Å²) >= 11 is 0. The fourth-order valence-corrected chi connectivity index (χ4v) is 1.43. The lowest BCUT2D eigenvalue weighted by Gasteiger charge is -2.10. The second-order valence-corrected chi connectivity index (χ2v) is 3.60. The predicted octanol–water partition coefficient (Wildman–Crippen LogP) is 0.994. The van der Waals surface area contributed by atoms with Gasteiger partial charge in [-0.3, -0.25) is 9.78 Å². The lowest BCUT2D eigenvalue weighted by atomic mass is 10.2. The highest BCUT2D eigenvalue weighted by Gasteiger charge is 2.06. The van der Waals surface area contributed by atoms with E-state index < -0.39 is 0 Å². The highest BCUT2D eigenvalue weighted by molar-refractivity contribution is 5.04. The van der Waals surface area contributed by atoms with Crippen LogP contribution < -0.4 is 5.32 Å². The van der Waals surface area contributed by atoms with E-state index in [0.717, 1.165) is 17.9 Å². The Bertz CT molecular complexity index is 403. The van der Waals surface area contributed by atoms with Gasteiger partial charge >= 0.3 is 0 Å². The summed E-state index contributed by atoms with van der Waals surface area (Å²) < 4.78 is 1.80. The maximum atomic E-state index is 4.29. The number of H-pyrrole nitrogens is 1. The zero-order valence-electron chi connectivity index (χ0n) is 8.94. The van der Waals surface area contributed by atoms with Crippen LogP contribution in [0.5, 0.6) is 0 Å². The van der Waals surface area contributed by atoms with Gasteiger partial charge in [0.15, 0.2) is 0 Å². The average Bonchev–Trinajstić information content (AvgIpc) is 2.84. The number of nitrogens with zero attached hydrogens (tertiary/aromatic N) is 3. The van der Waals surface area contributed by atoms with E-state index in [4.69, 9.17) is 0 Å². The first-order valence-electron chi connectivity index (χ1n) is 4.97. The molecule has 15 heavy (non-hydrogen) atoms. The molecule has 0 saturated heterocycles. The first-order chi connectivity index (χ1) is 7.25. The number of hydrogen-bond acceptors (Lipinski definition) is 3. The number of rotatable bonds is 4. The van der Waals surface area contributed by atoms with Gasteiger partial charge in [-0.05, 0) is 19.1 Å².